The van der Waals surface area contributed by atoms with Crippen LogP contribution in [0.2, 0.25) is 0 Å². The van der Waals surface area contributed by atoms with Crippen molar-refractivity contribution in [2.45, 2.75) is 45.6 Å². The highest BCUT2D eigenvalue weighted by molar-refractivity contribution is 6.01. The third-order valence-electron chi connectivity index (χ3n) is 5.02. The SMILES string of the molecule is Cc1cc(NC(=O)CCC(=O)N(CC(=O)NC[C@H]2CCCO2)c2ccccc2C)no1. The van der Waals surface area contributed by atoms with E-state index in [1.807, 2.05) is 25.1 Å². The lowest BCUT2D eigenvalue weighted by molar-refractivity contribution is -0.125. The lowest BCUT2D eigenvalue weighted by Gasteiger charge is -2.24. The van der Waals surface area contributed by atoms with E-state index in [0.717, 1.165) is 18.4 Å². The monoisotopic (exact) mass is 428 g/mol. The van der Waals surface area contributed by atoms with Gasteiger partial charge in [-0.05, 0) is 38.3 Å². The Morgan fingerprint density at radius 1 is 1.16 bits per heavy atom. The van der Waals surface area contributed by atoms with Gasteiger partial charge in [0.25, 0.3) is 0 Å². The van der Waals surface area contributed by atoms with Gasteiger partial charge >= 0.3 is 0 Å². The van der Waals surface area contributed by atoms with Crippen LogP contribution in [0.5, 0.6) is 0 Å². The highest BCUT2D eigenvalue weighted by Crippen LogP contribution is 2.21. The molecule has 2 heterocycles. The van der Waals surface area contributed by atoms with Crippen molar-refractivity contribution in [3.05, 3.63) is 41.7 Å². The molecule has 9 nitrogen and oxygen atoms in total. The maximum Gasteiger partial charge on any atom is 0.240 e. The minimum atomic E-state index is -0.353. The van der Waals surface area contributed by atoms with Crippen molar-refractivity contribution in [2.75, 3.05) is 29.9 Å². The number of nitrogens with zero attached hydrogens (tertiary/aromatic N) is 2. The van der Waals surface area contributed by atoms with Gasteiger partial charge in [-0.15, -0.1) is 0 Å². The standard InChI is InChI=1S/C22H28N4O5/c1-15-6-3-4-8-18(15)26(14-21(28)23-13-17-7-5-11-30-17)22(29)10-9-20(27)24-19-12-16(2)31-25-19/h3-4,6,8,12,17H,5,7,9-11,13-14H2,1-2H3,(H,23,28)(H,24,25,27)/t17-/m1/s1. The normalized spacial score (nSPS) is 15.5. The number of nitrogens with one attached hydrogen (secondary N) is 2. The molecule has 3 amide bonds. The lowest BCUT2D eigenvalue weighted by atomic mass is 10.1. The van der Waals surface area contributed by atoms with E-state index in [0.29, 0.717) is 30.4 Å². The van der Waals surface area contributed by atoms with Gasteiger partial charge in [-0.1, -0.05) is 23.4 Å². The summed E-state index contributed by atoms with van der Waals surface area (Å²) in [6.45, 7) is 4.61. The molecule has 166 valence electrons. The Hall–Kier alpha value is -3.20. The molecule has 2 aromatic rings. The van der Waals surface area contributed by atoms with Crippen LogP contribution in [0, 0.1) is 13.8 Å². The summed E-state index contributed by atoms with van der Waals surface area (Å²) in [5.41, 5.74) is 1.51. The van der Waals surface area contributed by atoms with Crippen molar-refractivity contribution in [2.24, 2.45) is 0 Å². The fraction of sp³-hybridized carbons (Fsp3) is 0.455. The first-order valence-corrected chi connectivity index (χ1v) is 10.4. The number of para-hydroxylation sites is 1. The molecule has 2 N–H and O–H groups in total. The van der Waals surface area contributed by atoms with Gasteiger partial charge in [-0.3, -0.25) is 14.4 Å². The van der Waals surface area contributed by atoms with E-state index in [1.54, 1.807) is 19.1 Å². The van der Waals surface area contributed by atoms with Crippen LogP contribution < -0.4 is 15.5 Å². The number of ether oxygens (including phenoxy) is 1. The molecule has 0 radical (unpaired) electrons. The first kappa shape index (κ1) is 22.5. The zero-order valence-electron chi connectivity index (χ0n) is 17.8. The van der Waals surface area contributed by atoms with E-state index >= 15 is 0 Å². The van der Waals surface area contributed by atoms with Crippen molar-refractivity contribution >= 4 is 29.2 Å². The predicted octanol–water partition coefficient (Wildman–Crippen LogP) is 2.34. The zero-order chi connectivity index (χ0) is 22.2. The van der Waals surface area contributed by atoms with E-state index in [4.69, 9.17) is 9.26 Å². The quantitative estimate of drug-likeness (QED) is 0.634. The summed E-state index contributed by atoms with van der Waals surface area (Å²) < 4.78 is 10.4. The van der Waals surface area contributed by atoms with Crippen LogP contribution >= 0.6 is 0 Å². The summed E-state index contributed by atoms with van der Waals surface area (Å²) in [5.74, 6) is -0.0535. The van der Waals surface area contributed by atoms with E-state index in [1.165, 1.54) is 4.90 Å². The van der Waals surface area contributed by atoms with Crippen molar-refractivity contribution in [1.82, 2.24) is 10.5 Å². The highest BCUT2D eigenvalue weighted by atomic mass is 16.5. The Morgan fingerprint density at radius 3 is 2.65 bits per heavy atom. The number of aryl methyl sites for hydroxylation is 2. The molecule has 1 aliphatic heterocycles. The molecule has 1 saturated heterocycles. The molecule has 1 aliphatic rings. The fourth-order valence-corrected chi connectivity index (χ4v) is 3.39. The van der Waals surface area contributed by atoms with Crippen molar-refractivity contribution in [3.8, 4) is 0 Å². The number of carbonyl (C=O) groups excluding carboxylic acids is 3. The largest absolute Gasteiger partial charge is 0.376 e. The molecule has 0 unspecified atom stereocenters. The molecule has 0 saturated carbocycles. The predicted molar refractivity (Wildman–Crippen MR) is 115 cm³/mol. The molecular formula is C22H28N4O5. The number of hydrogen-bond donors (Lipinski definition) is 2. The molecule has 9 heteroatoms. The van der Waals surface area contributed by atoms with Crippen molar-refractivity contribution < 1.29 is 23.6 Å². The van der Waals surface area contributed by atoms with Crippen LogP contribution in [0.3, 0.4) is 0 Å². The smallest absolute Gasteiger partial charge is 0.240 e. The van der Waals surface area contributed by atoms with Gasteiger partial charge in [-0.25, -0.2) is 0 Å². The first-order valence-electron chi connectivity index (χ1n) is 10.4. The van der Waals surface area contributed by atoms with Gasteiger partial charge in [0.05, 0.1) is 6.10 Å². The topological polar surface area (TPSA) is 114 Å². The third-order valence-corrected chi connectivity index (χ3v) is 5.02. The van der Waals surface area contributed by atoms with E-state index < -0.39 is 0 Å². The summed E-state index contributed by atoms with van der Waals surface area (Å²) >= 11 is 0. The average Bonchev–Trinajstić information content (AvgIpc) is 3.41. The molecule has 1 atom stereocenters. The minimum Gasteiger partial charge on any atom is -0.376 e. The van der Waals surface area contributed by atoms with E-state index in [2.05, 4.69) is 15.8 Å². The molecule has 31 heavy (non-hydrogen) atoms. The number of hydrogen-bond acceptors (Lipinski definition) is 6. The second-order valence-corrected chi connectivity index (χ2v) is 7.58. The molecule has 1 fully saturated rings. The molecule has 3 rings (SSSR count). The maximum absolute atomic E-state index is 13.0. The van der Waals surface area contributed by atoms with Gasteiger partial charge in [0.1, 0.15) is 12.3 Å². The second kappa shape index (κ2) is 10.7. The number of carbonyl (C=O) groups is 3. The van der Waals surface area contributed by atoms with Gasteiger partial charge in [0.15, 0.2) is 5.82 Å². The number of benzene rings is 1. The highest BCUT2D eigenvalue weighted by Gasteiger charge is 2.23. The van der Waals surface area contributed by atoms with Gasteiger partial charge in [0.2, 0.25) is 17.7 Å². The Bertz CT molecular complexity index is 920. The van der Waals surface area contributed by atoms with Crippen LogP contribution in [0.1, 0.15) is 37.0 Å². The van der Waals surface area contributed by atoms with E-state index in [9.17, 15) is 14.4 Å². The lowest BCUT2D eigenvalue weighted by Crippen LogP contribution is -2.43. The molecule has 1 aromatic heterocycles. The van der Waals surface area contributed by atoms with E-state index in [-0.39, 0.29) is 43.2 Å². The number of anilines is 2. The van der Waals surface area contributed by atoms with Crippen LogP contribution in [0.4, 0.5) is 11.5 Å². The molecule has 0 aliphatic carbocycles. The minimum absolute atomic E-state index is 0.0235. The Morgan fingerprint density at radius 2 is 1.97 bits per heavy atom. The number of amides is 3. The van der Waals surface area contributed by atoms with Crippen LogP contribution in [-0.4, -0.2) is 48.7 Å². The third kappa shape index (κ3) is 6.65. The summed E-state index contributed by atoms with van der Waals surface area (Å²) in [6, 6.07) is 8.94. The van der Waals surface area contributed by atoms with Gasteiger partial charge < -0.3 is 24.8 Å². The Balaban J connectivity index is 1.59. The summed E-state index contributed by atoms with van der Waals surface area (Å²) in [4.78, 5) is 39.1. The molecule has 0 bridgehead atoms. The van der Waals surface area contributed by atoms with Gasteiger partial charge in [-0.2, -0.15) is 0 Å². The van der Waals surface area contributed by atoms with Crippen LogP contribution in [0.15, 0.2) is 34.9 Å². The Kier molecular flexibility index (Phi) is 7.77. The van der Waals surface area contributed by atoms with Gasteiger partial charge in [0, 0.05) is 37.7 Å². The maximum atomic E-state index is 13.0. The van der Waals surface area contributed by atoms with Crippen molar-refractivity contribution in [1.29, 1.82) is 0 Å². The second-order valence-electron chi connectivity index (χ2n) is 7.58. The zero-order valence-corrected chi connectivity index (χ0v) is 17.8. The number of rotatable bonds is 9. The molecule has 0 spiro atoms. The fourth-order valence-electron chi connectivity index (χ4n) is 3.39. The number of aromatic nitrogens is 1. The van der Waals surface area contributed by atoms with Crippen LogP contribution in [0.25, 0.3) is 0 Å². The molecule has 1 aromatic carbocycles. The Labute approximate surface area is 181 Å². The van der Waals surface area contributed by atoms with Crippen LogP contribution in [-0.2, 0) is 19.1 Å². The first-order chi connectivity index (χ1) is 14.9. The average molecular weight is 428 g/mol. The summed E-state index contributed by atoms with van der Waals surface area (Å²) in [7, 11) is 0. The summed E-state index contributed by atoms with van der Waals surface area (Å²) in [5, 5.41) is 9.14. The summed E-state index contributed by atoms with van der Waals surface area (Å²) in [6.07, 6.45) is 1.85. The van der Waals surface area contributed by atoms with Crippen molar-refractivity contribution in [3.63, 3.8) is 0 Å². The molecular weight excluding hydrogens is 400 g/mol.